The van der Waals surface area contributed by atoms with Crippen molar-refractivity contribution in [3.05, 3.63) is 11.6 Å². The predicted octanol–water partition coefficient (Wildman–Crippen LogP) is 1.23. The van der Waals surface area contributed by atoms with Crippen LogP contribution in [0.2, 0.25) is 0 Å². The summed E-state index contributed by atoms with van der Waals surface area (Å²) in [5, 5.41) is 0. The molecule has 0 spiro atoms. The van der Waals surface area contributed by atoms with Crippen LogP contribution in [0, 0.1) is 11.8 Å². The van der Waals surface area contributed by atoms with Gasteiger partial charge in [-0.05, 0) is 25.7 Å². The number of rotatable bonds is 2. The Morgan fingerprint density at radius 2 is 2.50 bits per heavy atom. The molecule has 14 heavy (non-hydrogen) atoms. The van der Waals surface area contributed by atoms with Gasteiger partial charge in [0.15, 0.2) is 0 Å². The number of fused-ring (bicyclic) bond motifs is 1. The Kier molecular flexibility index (Phi) is 2.14. The lowest BCUT2D eigenvalue weighted by molar-refractivity contribution is -0.181. The minimum atomic E-state index is -0.381. The zero-order valence-electron chi connectivity index (χ0n) is 8.75. The van der Waals surface area contributed by atoms with Crippen molar-refractivity contribution in [2.45, 2.75) is 32.3 Å². The quantitative estimate of drug-likeness (QED) is 0.532. The minimum Gasteiger partial charge on any atom is -0.457 e. The van der Waals surface area contributed by atoms with Crippen LogP contribution in [-0.4, -0.2) is 18.1 Å². The lowest BCUT2D eigenvalue weighted by Gasteiger charge is -2.50. The molecule has 0 aliphatic heterocycles. The Labute approximate surface area is 84.3 Å². The molecule has 1 fully saturated rings. The molecule has 0 amide bonds. The molecular weight excluding hydrogens is 178 g/mol. The van der Waals surface area contributed by atoms with Crippen molar-refractivity contribution in [1.29, 1.82) is 0 Å². The lowest BCUT2D eigenvalue weighted by atomic mass is 9.62. The third-order valence-corrected chi connectivity index (χ3v) is 3.46. The van der Waals surface area contributed by atoms with E-state index in [1.54, 1.807) is 0 Å². The molecule has 78 valence electrons. The molecule has 0 heterocycles. The molecule has 0 radical (unpaired) electrons. The molecule has 2 aliphatic carbocycles. The number of carbonyl (C=O) groups excluding carboxylic acids is 1. The van der Waals surface area contributed by atoms with Gasteiger partial charge in [0.05, 0.1) is 0 Å². The van der Waals surface area contributed by atoms with Crippen LogP contribution in [0.25, 0.3) is 0 Å². The van der Waals surface area contributed by atoms with E-state index in [0.717, 1.165) is 12.8 Å². The molecule has 0 bridgehead atoms. The monoisotopic (exact) mass is 195 g/mol. The summed E-state index contributed by atoms with van der Waals surface area (Å²) < 4.78 is 5.38. The second kappa shape index (κ2) is 3.09. The van der Waals surface area contributed by atoms with Crippen LogP contribution < -0.4 is 5.73 Å². The van der Waals surface area contributed by atoms with E-state index >= 15 is 0 Å². The first-order chi connectivity index (χ1) is 6.57. The highest BCUT2D eigenvalue weighted by atomic mass is 16.6. The molecule has 0 saturated heterocycles. The van der Waals surface area contributed by atoms with Crippen LogP contribution in [-0.2, 0) is 9.53 Å². The fourth-order valence-electron chi connectivity index (χ4n) is 2.91. The third-order valence-electron chi connectivity index (χ3n) is 3.46. The maximum atomic E-state index is 11.0. The highest BCUT2D eigenvalue weighted by Crippen LogP contribution is 2.53. The van der Waals surface area contributed by atoms with Crippen LogP contribution in [0.4, 0.5) is 0 Å². The molecule has 3 heteroatoms. The standard InChI is InChI=1S/C11H17NO2/c1-7-3-9-5-11(6-12,10(9)4-7)14-8(2)13/h4,9-10H,3,5-6,12H2,1-2H3/t9-,10-,11+/m1/s1. The maximum Gasteiger partial charge on any atom is 0.303 e. The second-order valence-electron chi connectivity index (χ2n) is 4.57. The summed E-state index contributed by atoms with van der Waals surface area (Å²) in [6, 6.07) is 0. The van der Waals surface area contributed by atoms with Crippen molar-refractivity contribution < 1.29 is 9.53 Å². The van der Waals surface area contributed by atoms with Crippen LogP contribution in [0.1, 0.15) is 26.7 Å². The van der Waals surface area contributed by atoms with E-state index in [1.165, 1.54) is 12.5 Å². The van der Waals surface area contributed by atoms with Crippen molar-refractivity contribution in [3.63, 3.8) is 0 Å². The van der Waals surface area contributed by atoms with Crippen molar-refractivity contribution in [1.82, 2.24) is 0 Å². The lowest BCUT2D eigenvalue weighted by Crippen LogP contribution is -2.58. The van der Waals surface area contributed by atoms with E-state index in [0.29, 0.717) is 18.4 Å². The molecule has 3 atom stereocenters. The summed E-state index contributed by atoms with van der Waals surface area (Å²) in [6.07, 6.45) is 4.30. The van der Waals surface area contributed by atoms with Gasteiger partial charge in [0.2, 0.25) is 0 Å². The second-order valence-corrected chi connectivity index (χ2v) is 4.57. The highest BCUT2D eigenvalue weighted by molar-refractivity contribution is 5.67. The Bertz CT molecular complexity index is 298. The molecule has 0 aromatic rings. The summed E-state index contributed by atoms with van der Waals surface area (Å²) in [5.41, 5.74) is 6.74. The summed E-state index contributed by atoms with van der Waals surface area (Å²) in [6.45, 7) is 4.03. The van der Waals surface area contributed by atoms with E-state index in [9.17, 15) is 4.79 Å². The number of ether oxygens (including phenoxy) is 1. The maximum absolute atomic E-state index is 11.0. The topological polar surface area (TPSA) is 52.3 Å². The van der Waals surface area contributed by atoms with Crippen molar-refractivity contribution in [2.75, 3.05) is 6.54 Å². The molecule has 2 N–H and O–H groups in total. The van der Waals surface area contributed by atoms with E-state index < -0.39 is 0 Å². The Morgan fingerprint density at radius 1 is 1.79 bits per heavy atom. The van der Waals surface area contributed by atoms with Gasteiger partial charge in [0.1, 0.15) is 5.60 Å². The van der Waals surface area contributed by atoms with Crippen LogP contribution in [0.3, 0.4) is 0 Å². The summed E-state index contributed by atoms with van der Waals surface area (Å²) >= 11 is 0. The zero-order chi connectivity index (χ0) is 10.3. The van der Waals surface area contributed by atoms with Crippen LogP contribution in [0.5, 0.6) is 0 Å². The summed E-state index contributed by atoms with van der Waals surface area (Å²) in [4.78, 5) is 11.0. The van der Waals surface area contributed by atoms with Gasteiger partial charge >= 0.3 is 5.97 Å². The van der Waals surface area contributed by atoms with Gasteiger partial charge in [-0.15, -0.1) is 0 Å². The summed E-state index contributed by atoms with van der Waals surface area (Å²) in [5.74, 6) is 0.821. The molecule has 2 rings (SSSR count). The van der Waals surface area contributed by atoms with Crippen LogP contribution >= 0.6 is 0 Å². The molecule has 1 saturated carbocycles. The van der Waals surface area contributed by atoms with Gasteiger partial charge < -0.3 is 10.5 Å². The Morgan fingerprint density at radius 3 is 3.00 bits per heavy atom. The molecular formula is C11H17NO2. The van der Waals surface area contributed by atoms with Gasteiger partial charge in [-0.3, -0.25) is 4.79 Å². The Hall–Kier alpha value is -0.830. The van der Waals surface area contributed by atoms with Gasteiger partial charge in [-0.1, -0.05) is 11.6 Å². The first-order valence-corrected chi connectivity index (χ1v) is 5.14. The van der Waals surface area contributed by atoms with Gasteiger partial charge in [-0.2, -0.15) is 0 Å². The summed E-state index contributed by atoms with van der Waals surface area (Å²) in [7, 11) is 0. The first-order valence-electron chi connectivity index (χ1n) is 5.14. The average Bonchev–Trinajstić information content (AvgIpc) is 2.39. The molecule has 0 unspecified atom stereocenters. The van der Waals surface area contributed by atoms with Crippen molar-refractivity contribution in [3.8, 4) is 0 Å². The Balaban J connectivity index is 2.13. The molecule has 0 aromatic carbocycles. The number of hydrogen-bond acceptors (Lipinski definition) is 3. The predicted molar refractivity (Wildman–Crippen MR) is 53.5 cm³/mol. The number of nitrogens with two attached hydrogens (primary N) is 1. The van der Waals surface area contributed by atoms with E-state index in [2.05, 4.69) is 13.0 Å². The number of carbonyl (C=O) groups is 1. The van der Waals surface area contributed by atoms with Gasteiger partial charge in [0, 0.05) is 19.4 Å². The number of esters is 1. The van der Waals surface area contributed by atoms with Gasteiger partial charge in [0.25, 0.3) is 0 Å². The van der Waals surface area contributed by atoms with E-state index in [-0.39, 0.29) is 11.6 Å². The van der Waals surface area contributed by atoms with Gasteiger partial charge in [-0.25, -0.2) is 0 Å². The smallest absolute Gasteiger partial charge is 0.303 e. The third kappa shape index (κ3) is 1.27. The number of allylic oxidation sites excluding steroid dienone is 1. The SMILES string of the molecule is CC(=O)O[C@]1(CN)C[C@H]2CC(C)=C[C@H]21. The largest absolute Gasteiger partial charge is 0.457 e. The number of hydrogen-bond donors (Lipinski definition) is 1. The molecule has 3 nitrogen and oxygen atoms in total. The van der Waals surface area contributed by atoms with E-state index in [1.807, 2.05) is 0 Å². The normalized spacial score (nSPS) is 39.8. The fraction of sp³-hybridized carbons (Fsp3) is 0.727. The van der Waals surface area contributed by atoms with E-state index in [4.69, 9.17) is 10.5 Å². The molecule has 2 aliphatic rings. The highest BCUT2D eigenvalue weighted by Gasteiger charge is 2.56. The van der Waals surface area contributed by atoms with Crippen LogP contribution in [0.15, 0.2) is 11.6 Å². The fourth-order valence-corrected chi connectivity index (χ4v) is 2.91. The first kappa shape index (κ1) is 9.71. The minimum absolute atomic E-state index is 0.216. The molecule has 0 aromatic heterocycles. The zero-order valence-corrected chi connectivity index (χ0v) is 8.75. The average molecular weight is 195 g/mol. The van der Waals surface area contributed by atoms with Crippen molar-refractivity contribution >= 4 is 5.97 Å². The van der Waals surface area contributed by atoms with Crippen molar-refractivity contribution in [2.24, 2.45) is 17.6 Å².